The first-order chi connectivity index (χ1) is 16.3. The van der Waals surface area contributed by atoms with Crippen molar-refractivity contribution in [2.24, 2.45) is 11.7 Å². The highest BCUT2D eigenvalue weighted by molar-refractivity contribution is 5.95. The molecule has 0 spiro atoms. The van der Waals surface area contributed by atoms with Crippen LogP contribution in [0.25, 0.3) is 0 Å². The van der Waals surface area contributed by atoms with Gasteiger partial charge in [-0.1, -0.05) is 44.2 Å². The van der Waals surface area contributed by atoms with Crippen molar-refractivity contribution in [1.29, 1.82) is 0 Å². The third-order valence-electron chi connectivity index (χ3n) is 5.07. The van der Waals surface area contributed by atoms with Gasteiger partial charge < -0.3 is 37.0 Å². The highest BCUT2D eigenvalue weighted by Crippen LogP contribution is 2.08. The van der Waals surface area contributed by atoms with Crippen LogP contribution in [0.4, 0.5) is 0 Å². The largest absolute Gasteiger partial charge is 0.481 e. The lowest BCUT2D eigenvalue weighted by molar-refractivity contribution is -0.143. The van der Waals surface area contributed by atoms with Gasteiger partial charge in [0.15, 0.2) is 0 Å². The first-order valence-corrected chi connectivity index (χ1v) is 11.1. The molecule has 0 radical (unpaired) electrons. The molecule has 0 fully saturated rings. The number of carboxylic acids is 2. The zero-order valence-corrected chi connectivity index (χ0v) is 19.9. The van der Waals surface area contributed by atoms with Crippen LogP contribution in [0.2, 0.25) is 0 Å². The first kappa shape index (κ1) is 29.5. The molecule has 8 N–H and O–H groups in total. The standard InChI is InChI=1S/C23H34N4O8/c1-12(2)9-15(26-22(33)19(24)13(3)28)20(31)25-16(11-18(29)30)21(32)27-17(23(34)35)10-14-7-5-4-6-8-14/h4-8,12-13,15-17,19,28H,9-11,24H2,1-3H3,(H,25,31)(H,26,33)(H,27,32)(H,29,30)(H,34,35). The number of aliphatic carboxylic acids is 2. The Morgan fingerprint density at radius 3 is 1.83 bits per heavy atom. The summed E-state index contributed by atoms with van der Waals surface area (Å²) in [5.74, 6) is -5.46. The molecule has 0 heterocycles. The Labute approximate surface area is 203 Å². The maximum absolute atomic E-state index is 12.9. The third-order valence-corrected chi connectivity index (χ3v) is 5.07. The van der Waals surface area contributed by atoms with Crippen molar-refractivity contribution >= 4 is 29.7 Å². The Hall–Kier alpha value is -3.51. The molecule has 0 saturated carbocycles. The van der Waals surface area contributed by atoms with E-state index in [-0.39, 0.29) is 18.8 Å². The number of benzene rings is 1. The monoisotopic (exact) mass is 494 g/mol. The SMILES string of the molecule is CC(C)CC(NC(=O)C(N)C(C)O)C(=O)NC(CC(=O)O)C(=O)NC(Cc1ccccc1)C(=O)O. The van der Waals surface area contributed by atoms with E-state index >= 15 is 0 Å². The molecular weight excluding hydrogens is 460 g/mol. The van der Waals surface area contributed by atoms with Gasteiger partial charge >= 0.3 is 11.9 Å². The molecule has 0 saturated heterocycles. The van der Waals surface area contributed by atoms with Gasteiger partial charge in [0.2, 0.25) is 17.7 Å². The second kappa shape index (κ2) is 14.0. The molecule has 1 aromatic rings. The average Bonchev–Trinajstić information content (AvgIpc) is 2.76. The lowest BCUT2D eigenvalue weighted by Crippen LogP contribution is -2.58. The summed E-state index contributed by atoms with van der Waals surface area (Å²) in [6.45, 7) is 4.87. The molecule has 12 heteroatoms. The summed E-state index contributed by atoms with van der Waals surface area (Å²) in [4.78, 5) is 61.0. The van der Waals surface area contributed by atoms with Gasteiger partial charge in [-0.2, -0.15) is 0 Å². The number of carboxylic acid groups (broad SMARTS) is 2. The Kier molecular flexibility index (Phi) is 11.8. The van der Waals surface area contributed by atoms with Crippen LogP contribution in [-0.4, -0.2) is 75.3 Å². The van der Waals surface area contributed by atoms with E-state index in [4.69, 9.17) is 5.73 Å². The number of carbonyl (C=O) groups is 5. The minimum Gasteiger partial charge on any atom is -0.481 e. The number of rotatable bonds is 14. The lowest BCUT2D eigenvalue weighted by atomic mass is 10.0. The molecule has 0 aliphatic rings. The molecule has 0 aliphatic heterocycles. The van der Waals surface area contributed by atoms with Crippen LogP contribution in [0.1, 0.15) is 39.2 Å². The molecule has 0 aromatic heterocycles. The van der Waals surface area contributed by atoms with Gasteiger partial charge in [-0.15, -0.1) is 0 Å². The topological polar surface area (TPSA) is 208 Å². The van der Waals surface area contributed by atoms with Gasteiger partial charge in [0.05, 0.1) is 12.5 Å². The zero-order chi connectivity index (χ0) is 26.7. The lowest BCUT2D eigenvalue weighted by Gasteiger charge is -2.26. The first-order valence-electron chi connectivity index (χ1n) is 11.1. The summed E-state index contributed by atoms with van der Waals surface area (Å²) in [6.07, 6.45) is -1.91. The molecule has 194 valence electrons. The van der Waals surface area contributed by atoms with E-state index in [1.165, 1.54) is 6.92 Å². The summed E-state index contributed by atoms with van der Waals surface area (Å²) in [5, 5.41) is 35.2. The highest BCUT2D eigenvalue weighted by atomic mass is 16.4. The number of hydrogen-bond acceptors (Lipinski definition) is 7. The predicted octanol–water partition coefficient (Wildman–Crippen LogP) is -1.00. The number of amides is 3. The van der Waals surface area contributed by atoms with Gasteiger partial charge in [-0.3, -0.25) is 19.2 Å². The molecule has 5 atom stereocenters. The maximum atomic E-state index is 12.9. The molecule has 5 unspecified atom stereocenters. The van der Waals surface area contributed by atoms with Crippen LogP contribution in [0.5, 0.6) is 0 Å². The van der Waals surface area contributed by atoms with Crippen LogP contribution in [-0.2, 0) is 30.4 Å². The Morgan fingerprint density at radius 1 is 0.829 bits per heavy atom. The molecule has 3 amide bonds. The number of aliphatic hydroxyl groups excluding tert-OH is 1. The van der Waals surface area contributed by atoms with Crippen molar-refractivity contribution in [2.45, 2.75) is 70.3 Å². The smallest absolute Gasteiger partial charge is 0.326 e. The molecule has 1 aromatic carbocycles. The maximum Gasteiger partial charge on any atom is 0.326 e. The number of nitrogens with one attached hydrogen (secondary N) is 3. The molecule has 0 bridgehead atoms. The van der Waals surface area contributed by atoms with Crippen molar-refractivity contribution in [3.8, 4) is 0 Å². The van der Waals surface area contributed by atoms with Crippen LogP contribution in [0.15, 0.2) is 30.3 Å². The van der Waals surface area contributed by atoms with Gasteiger partial charge in [0.25, 0.3) is 0 Å². The second-order valence-electron chi connectivity index (χ2n) is 8.71. The van der Waals surface area contributed by atoms with Crippen LogP contribution in [0.3, 0.4) is 0 Å². The molecular formula is C23H34N4O8. The van der Waals surface area contributed by atoms with Crippen LogP contribution < -0.4 is 21.7 Å². The van der Waals surface area contributed by atoms with Gasteiger partial charge in [-0.05, 0) is 24.8 Å². The van der Waals surface area contributed by atoms with E-state index in [0.717, 1.165) is 0 Å². The number of nitrogens with two attached hydrogens (primary N) is 1. The van der Waals surface area contributed by atoms with Gasteiger partial charge in [0.1, 0.15) is 24.2 Å². The van der Waals surface area contributed by atoms with E-state index in [2.05, 4.69) is 16.0 Å². The van der Waals surface area contributed by atoms with Gasteiger partial charge in [-0.25, -0.2) is 4.79 Å². The quantitative estimate of drug-likeness (QED) is 0.169. The van der Waals surface area contributed by atoms with Crippen molar-refractivity contribution in [2.75, 3.05) is 0 Å². The van der Waals surface area contributed by atoms with Crippen LogP contribution >= 0.6 is 0 Å². The minimum absolute atomic E-state index is 0.0566. The van der Waals surface area contributed by atoms with Crippen LogP contribution in [0, 0.1) is 5.92 Å². The summed E-state index contributed by atoms with van der Waals surface area (Å²) in [6, 6.07) is 3.07. The van der Waals surface area contributed by atoms with E-state index in [1.54, 1.807) is 44.2 Å². The van der Waals surface area contributed by atoms with E-state index in [9.17, 15) is 39.3 Å². The Morgan fingerprint density at radius 2 is 1.34 bits per heavy atom. The van der Waals surface area contributed by atoms with Crippen molar-refractivity contribution in [3.05, 3.63) is 35.9 Å². The Bertz CT molecular complexity index is 891. The fourth-order valence-corrected chi connectivity index (χ4v) is 3.17. The number of hydrogen-bond donors (Lipinski definition) is 7. The normalized spacial score (nSPS) is 15.3. The van der Waals surface area contributed by atoms with Crippen molar-refractivity contribution in [1.82, 2.24) is 16.0 Å². The highest BCUT2D eigenvalue weighted by Gasteiger charge is 2.32. The van der Waals surface area contributed by atoms with Gasteiger partial charge in [0, 0.05) is 6.42 Å². The second-order valence-corrected chi connectivity index (χ2v) is 8.71. The minimum atomic E-state index is -1.60. The molecule has 0 aliphatic carbocycles. The zero-order valence-electron chi connectivity index (χ0n) is 19.9. The number of aliphatic hydroxyl groups is 1. The molecule has 1 rings (SSSR count). The van der Waals surface area contributed by atoms with E-state index < -0.39 is 66.4 Å². The third kappa shape index (κ3) is 10.5. The summed E-state index contributed by atoms with van der Waals surface area (Å²) >= 11 is 0. The molecule has 35 heavy (non-hydrogen) atoms. The summed E-state index contributed by atoms with van der Waals surface area (Å²) in [7, 11) is 0. The van der Waals surface area contributed by atoms with E-state index in [0.29, 0.717) is 5.56 Å². The molecule has 12 nitrogen and oxygen atoms in total. The Balaban J connectivity index is 3.02. The van der Waals surface area contributed by atoms with Crippen molar-refractivity contribution in [3.63, 3.8) is 0 Å². The summed E-state index contributed by atoms with van der Waals surface area (Å²) < 4.78 is 0. The average molecular weight is 495 g/mol. The fourth-order valence-electron chi connectivity index (χ4n) is 3.17. The van der Waals surface area contributed by atoms with Crippen molar-refractivity contribution < 1.29 is 39.3 Å². The summed E-state index contributed by atoms with van der Waals surface area (Å²) in [5.41, 5.74) is 6.24. The van der Waals surface area contributed by atoms with E-state index in [1.807, 2.05) is 0 Å². The fraction of sp³-hybridized carbons (Fsp3) is 0.522. The predicted molar refractivity (Wildman–Crippen MR) is 125 cm³/mol. The number of carbonyl (C=O) groups excluding carboxylic acids is 3.